The van der Waals surface area contributed by atoms with Gasteiger partial charge in [-0.05, 0) is 24.1 Å². The Morgan fingerprint density at radius 2 is 1.76 bits per heavy atom. The number of nitrogens with one attached hydrogen (secondary N) is 1. The van der Waals surface area contributed by atoms with Crippen LogP contribution in [0.25, 0.3) is 10.2 Å². The number of nitrogens with zero attached hydrogens (tertiary/aromatic N) is 1. The van der Waals surface area contributed by atoms with Crippen LogP contribution in [-0.2, 0) is 25.5 Å². The van der Waals surface area contributed by atoms with E-state index in [4.69, 9.17) is 4.74 Å². The van der Waals surface area contributed by atoms with E-state index in [1.807, 2.05) is 42.5 Å². The molecule has 150 valence electrons. The summed E-state index contributed by atoms with van der Waals surface area (Å²) in [6.45, 7) is -0.454. The molecule has 0 unspecified atom stereocenters. The third kappa shape index (κ3) is 6.99. The summed E-state index contributed by atoms with van der Waals surface area (Å²) in [5, 5.41) is 2.22. The largest absolute Gasteiger partial charge is 0.456 e. The maximum absolute atomic E-state index is 11.8. The highest BCUT2D eigenvalue weighted by molar-refractivity contribution is 8.01. The first-order chi connectivity index (χ1) is 14.1. The first-order valence-electron chi connectivity index (χ1n) is 9.11. The van der Waals surface area contributed by atoms with Crippen LogP contribution in [0.1, 0.15) is 18.4 Å². The minimum Gasteiger partial charge on any atom is -0.456 e. The van der Waals surface area contributed by atoms with Gasteiger partial charge in [-0.1, -0.05) is 54.2 Å². The van der Waals surface area contributed by atoms with Gasteiger partial charge in [0.15, 0.2) is 10.9 Å². The van der Waals surface area contributed by atoms with E-state index < -0.39 is 24.4 Å². The van der Waals surface area contributed by atoms with Gasteiger partial charge in [0.25, 0.3) is 5.91 Å². The Labute approximate surface area is 176 Å². The Bertz CT molecular complexity index is 956. The molecule has 8 heteroatoms. The molecule has 0 aliphatic carbocycles. The number of amides is 2. The molecular formula is C21H20N2O4S2. The number of imide groups is 1. The fourth-order valence-corrected chi connectivity index (χ4v) is 4.60. The van der Waals surface area contributed by atoms with Crippen LogP contribution in [0.2, 0.25) is 0 Å². The summed E-state index contributed by atoms with van der Waals surface area (Å²) in [4.78, 5) is 39.8. The lowest BCUT2D eigenvalue weighted by Gasteiger charge is -2.06. The first-order valence-corrected chi connectivity index (χ1v) is 10.9. The van der Waals surface area contributed by atoms with Crippen LogP contribution in [0, 0.1) is 0 Å². The van der Waals surface area contributed by atoms with Crippen molar-refractivity contribution in [1.29, 1.82) is 0 Å². The Kier molecular flexibility index (Phi) is 7.77. The first kappa shape index (κ1) is 21.0. The summed E-state index contributed by atoms with van der Waals surface area (Å²) in [7, 11) is 0. The van der Waals surface area contributed by atoms with Gasteiger partial charge in [-0.25, -0.2) is 4.98 Å². The molecule has 0 saturated heterocycles. The van der Waals surface area contributed by atoms with Crippen molar-refractivity contribution in [3.63, 3.8) is 0 Å². The molecule has 0 aliphatic heterocycles. The maximum Gasteiger partial charge on any atom is 0.306 e. The average molecular weight is 429 g/mol. The molecule has 0 spiro atoms. The third-order valence-corrected chi connectivity index (χ3v) is 6.14. The number of fused-ring (bicyclic) bond motifs is 1. The molecule has 0 saturated carbocycles. The molecule has 0 aliphatic rings. The molecule has 1 aromatic heterocycles. The van der Waals surface area contributed by atoms with Crippen LogP contribution < -0.4 is 5.32 Å². The molecule has 2 aromatic carbocycles. The second kappa shape index (κ2) is 10.7. The van der Waals surface area contributed by atoms with Crippen LogP contribution in [0.4, 0.5) is 0 Å². The summed E-state index contributed by atoms with van der Waals surface area (Å²) in [6, 6.07) is 17.0. The van der Waals surface area contributed by atoms with Crippen molar-refractivity contribution >= 4 is 51.1 Å². The quantitative estimate of drug-likeness (QED) is 0.318. The zero-order valence-electron chi connectivity index (χ0n) is 15.6. The van der Waals surface area contributed by atoms with E-state index in [0.29, 0.717) is 6.42 Å². The predicted molar refractivity (Wildman–Crippen MR) is 114 cm³/mol. The van der Waals surface area contributed by atoms with Gasteiger partial charge in [0.2, 0.25) is 5.91 Å². The second-order valence-corrected chi connectivity index (χ2v) is 8.57. The van der Waals surface area contributed by atoms with Crippen LogP contribution in [0.5, 0.6) is 0 Å². The summed E-state index contributed by atoms with van der Waals surface area (Å²) in [5.74, 6) is -0.774. The van der Waals surface area contributed by atoms with Crippen molar-refractivity contribution in [2.24, 2.45) is 0 Å². The minimum atomic E-state index is -0.622. The molecule has 0 fully saturated rings. The monoisotopic (exact) mass is 428 g/mol. The van der Waals surface area contributed by atoms with Crippen molar-refractivity contribution < 1.29 is 19.1 Å². The molecular weight excluding hydrogens is 408 g/mol. The van der Waals surface area contributed by atoms with Crippen LogP contribution in [0.3, 0.4) is 0 Å². The van der Waals surface area contributed by atoms with E-state index in [0.717, 1.165) is 25.9 Å². The number of carbonyl (C=O) groups excluding carboxylic acids is 3. The lowest BCUT2D eigenvalue weighted by atomic mass is 10.1. The molecule has 3 rings (SSSR count). The van der Waals surface area contributed by atoms with E-state index in [1.165, 1.54) is 0 Å². The van der Waals surface area contributed by atoms with E-state index in [-0.39, 0.29) is 12.8 Å². The molecule has 1 N–H and O–H groups in total. The number of rotatable bonds is 9. The van der Waals surface area contributed by atoms with E-state index >= 15 is 0 Å². The highest BCUT2D eigenvalue weighted by atomic mass is 32.2. The number of carbonyl (C=O) groups is 3. The standard InChI is InChI=1S/C21H20N2O4S2/c24-18(13-15-7-2-1-3-8-15)23-19(25)14-27-20(26)11-6-12-28-21-22-16-9-4-5-10-17(16)29-21/h1-5,7-10H,6,11-14H2,(H,23,24,25). The van der Waals surface area contributed by atoms with Gasteiger partial charge in [0.05, 0.1) is 16.6 Å². The molecule has 2 amide bonds. The minimum absolute atomic E-state index is 0.101. The fourth-order valence-electron chi connectivity index (χ4n) is 2.52. The van der Waals surface area contributed by atoms with Crippen molar-refractivity contribution in [3.8, 4) is 0 Å². The molecule has 29 heavy (non-hydrogen) atoms. The number of thiazole rings is 1. The highest BCUT2D eigenvalue weighted by Crippen LogP contribution is 2.29. The number of aromatic nitrogens is 1. The topological polar surface area (TPSA) is 85.4 Å². The second-order valence-electron chi connectivity index (χ2n) is 6.19. The predicted octanol–water partition coefficient (Wildman–Crippen LogP) is 3.60. The molecule has 6 nitrogen and oxygen atoms in total. The molecule has 0 atom stereocenters. The van der Waals surface area contributed by atoms with Gasteiger partial charge >= 0.3 is 5.97 Å². The van der Waals surface area contributed by atoms with Gasteiger partial charge < -0.3 is 4.74 Å². The lowest BCUT2D eigenvalue weighted by molar-refractivity contribution is -0.149. The van der Waals surface area contributed by atoms with Crippen molar-refractivity contribution in [3.05, 3.63) is 60.2 Å². The molecule has 1 heterocycles. The van der Waals surface area contributed by atoms with E-state index in [2.05, 4.69) is 10.3 Å². The number of hydrogen-bond donors (Lipinski definition) is 1. The van der Waals surface area contributed by atoms with Gasteiger partial charge in [-0.2, -0.15) is 0 Å². The van der Waals surface area contributed by atoms with Crippen LogP contribution >= 0.6 is 23.1 Å². The smallest absolute Gasteiger partial charge is 0.306 e. The zero-order chi connectivity index (χ0) is 20.5. The Morgan fingerprint density at radius 1 is 1.00 bits per heavy atom. The maximum atomic E-state index is 11.8. The van der Waals surface area contributed by atoms with Crippen LogP contribution in [0.15, 0.2) is 58.9 Å². The number of thioether (sulfide) groups is 1. The average Bonchev–Trinajstić information content (AvgIpc) is 3.13. The van der Waals surface area contributed by atoms with Gasteiger partial charge in [-0.3, -0.25) is 19.7 Å². The molecule has 3 aromatic rings. The van der Waals surface area contributed by atoms with Crippen molar-refractivity contribution in [2.45, 2.75) is 23.6 Å². The lowest BCUT2D eigenvalue weighted by Crippen LogP contribution is -2.35. The molecule has 0 bridgehead atoms. The zero-order valence-corrected chi connectivity index (χ0v) is 17.3. The summed E-state index contributed by atoms with van der Waals surface area (Å²) in [6.07, 6.45) is 0.931. The van der Waals surface area contributed by atoms with Crippen molar-refractivity contribution in [1.82, 2.24) is 10.3 Å². The Balaban J connectivity index is 1.29. The SMILES string of the molecule is O=C(COC(=O)CCCSc1nc2ccccc2s1)NC(=O)Cc1ccccc1. The summed E-state index contributed by atoms with van der Waals surface area (Å²) >= 11 is 3.22. The Morgan fingerprint density at radius 3 is 2.55 bits per heavy atom. The van der Waals surface area contributed by atoms with Gasteiger partial charge in [0, 0.05) is 12.2 Å². The van der Waals surface area contributed by atoms with Crippen LogP contribution in [-0.4, -0.2) is 35.1 Å². The summed E-state index contributed by atoms with van der Waals surface area (Å²) in [5.41, 5.74) is 1.78. The summed E-state index contributed by atoms with van der Waals surface area (Å²) < 4.78 is 7.04. The number of para-hydroxylation sites is 1. The van der Waals surface area contributed by atoms with E-state index in [9.17, 15) is 14.4 Å². The fraction of sp³-hybridized carbons (Fsp3) is 0.238. The third-order valence-electron chi connectivity index (χ3n) is 3.88. The molecule has 0 radical (unpaired) electrons. The van der Waals surface area contributed by atoms with E-state index in [1.54, 1.807) is 35.2 Å². The number of ether oxygens (including phenoxy) is 1. The van der Waals surface area contributed by atoms with Gasteiger partial charge in [-0.15, -0.1) is 11.3 Å². The highest BCUT2D eigenvalue weighted by Gasteiger charge is 2.12. The number of benzene rings is 2. The number of hydrogen-bond acceptors (Lipinski definition) is 7. The Hall–Kier alpha value is -2.71. The van der Waals surface area contributed by atoms with Gasteiger partial charge in [0.1, 0.15) is 0 Å². The number of esters is 1. The van der Waals surface area contributed by atoms with Crippen molar-refractivity contribution in [2.75, 3.05) is 12.4 Å². The normalized spacial score (nSPS) is 10.6.